The van der Waals surface area contributed by atoms with Crippen LogP contribution in [0.1, 0.15) is 25.7 Å². The maximum Gasteiger partial charge on any atom is 0.244 e. The van der Waals surface area contributed by atoms with Crippen molar-refractivity contribution in [2.45, 2.75) is 31.7 Å². The number of nitrogens with two attached hydrogens (primary N) is 1. The molecule has 1 amide bonds. The summed E-state index contributed by atoms with van der Waals surface area (Å²) in [4.78, 5) is 16.7. The number of aryl methyl sites for hydroxylation is 1. The Bertz CT molecular complexity index is 665. The highest BCUT2D eigenvalue weighted by Gasteiger charge is 2.35. The second kappa shape index (κ2) is 6.64. The van der Waals surface area contributed by atoms with E-state index in [9.17, 15) is 4.79 Å². The Kier molecular flexibility index (Phi) is 5.05. The van der Waals surface area contributed by atoms with Crippen LogP contribution in [0.5, 0.6) is 0 Å². The number of rotatable bonds is 3. The molecule has 0 aliphatic carbocycles. The molecule has 3 N–H and O–H groups in total. The van der Waals surface area contributed by atoms with E-state index in [1.165, 1.54) is 0 Å². The van der Waals surface area contributed by atoms with Gasteiger partial charge in [0.15, 0.2) is 11.5 Å². The molecular formula is C15H20ClN3O3. The number of aromatic nitrogens is 1. The van der Waals surface area contributed by atoms with Crippen molar-refractivity contribution in [1.29, 1.82) is 0 Å². The third-order valence-corrected chi connectivity index (χ3v) is 3.83. The van der Waals surface area contributed by atoms with E-state index >= 15 is 0 Å². The van der Waals surface area contributed by atoms with Crippen molar-refractivity contribution in [3.63, 3.8) is 0 Å². The molecule has 1 aliphatic heterocycles. The van der Waals surface area contributed by atoms with E-state index in [0.29, 0.717) is 37.6 Å². The SMILES string of the molecule is CCc1nc2cc(NC(=O)C3(N)CCOCC3)ccc2o1.Cl. The summed E-state index contributed by atoms with van der Waals surface area (Å²) in [5, 5.41) is 2.87. The Morgan fingerprint density at radius 1 is 1.41 bits per heavy atom. The van der Waals surface area contributed by atoms with Gasteiger partial charge in [-0.25, -0.2) is 4.98 Å². The number of nitrogens with zero attached hydrogens (tertiary/aromatic N) is 1. The highest BCUT2D eigenvalue weighted by atomic mass is 35.5. The summed E-state index contributed by atoms with van der Waals surface area (Å²) < 4.78 is 10.8. The molecular weight excluding hydrogens is 306 g/mol. The molecule has 1 saturated heterocycles. The van der Waals surface area contributed by atoms with Crippen LogP contribution in [0.4, 0.5) is 5.69 Å². The molecule has 2 aromatic rings. The van der Waals surface area contributed by atoms with Crippen LogP contribution in [0.25, 0.3) is 11.1 Å². The molecule has 120 valence electrons. The Morgan fingerprint density at radius 2 is 2.14 bits per heavy atom. The molecule has 0 bridgehead atoms. The lowest BCUT2D eigenvalue weighted by Gasteiger charge is -2.31. The van der Waals surface area contributed by atoms with Gasteiger partial charge in [0.1, 0.15) is 11.1 Å². The minimum atomic E-state index is -0.856. The molecule has 1 fully saturated rings. The minimum absolute atomic E-state index is 0. The molecule has 1 aromatic carbocycles. The van der Waals surface area contributed by atoms with Gasteiger partial charge in [0.2, 0.25) is 5.91 Å². The number of carbonyl (C=O) groups is 1. The number of benzene rings is 1. The van der Waals surface area contributed by atoms with Gasteiger partial charge in [-0.3, -0.25) is 4.79 Å². The first kappa shape index (κ1) is 16.7. The molecule has 1 aromatic heterocycles. The van der Waals surface area contributed by atoms with Crippen LogP contribution in [0.3, 0.4) is 0 Å². The van der Waals surface area contributed by atoms with Gasteiger partial charge in [-0.2, -0.15) is 0 Å². The summed E-state index contributed by atoms with van der Waals surface area (Å²) in [6, 6.07) is 5.41. The molecule has 0 atom stereocenters. The van der Waals surface area contributed by atoms with Crippen LogP contribution in [0.15, 0.2) is 22.6 Å². The zero-order valence-electron chi connectivity index (χ0n) is 12.4. The largest absolute Gasteiger partial charge is 0.441 e. The molecule has 1 aliphatic rings. The van der Waals surface area contributed by atoms with E-state index in [1.54, 1.807) is 12.1 Å². The van der Waals surface area contributed by atoms with Crippen LogP contribution >= 0.6 is 12.4 Å². The lowest BCUT2D eigenvalue weighted by atomic mass is 9.90. The minimum Gasteiger partial charge on any atom is -0.441 e. The first-order valence-corrected chi connectivity index (χ1v) is 7.18. The molecule has 2 heterocycles. The van der Waals surface area contributed by atoms with Gasteiger partial charge in [0.05, 0.1) is 0 Å². The van der Waals surface area contributed by atoms with Crippen LogP contribution < -0.4 is 11.1 Å². The van der Waals surface area contributed by atoms with E-state index in [0.717, 1.165) is 17.5 Å². The van der Waals surface area contributed by atoms with Crippen molar-refractivity contribution in [1.82, 2.24) is 4.98 Å². The number of halogens is 1. The van der Waals surface area contributed by atoms with Crippen LogP contribution in [0.2, 0.25) is 0 Å². The predicted octanol–water partition coefficient (Wildman–Crippen LogP) is 2.26. The maximum absolute atomic E-state index is 12.4. The van der Waals surface area contributed by atoms with E-state index in [2.05, 4.69) is 10.3 Å². The molecule has 7 heteroatoms. The van der Waals surface area contributed by atoms with Gasteiger partial charge < -0.3 is 20.2 Å². The Morgan fingerprint density at radius 3 is 2.82 bits per heavy atom. The molecule has 6 nitrogen and oxygen atoms in total. The predicted molar refractivity (Wildman–Crippen MR) is 86.2 cm³/mol. The lowest BCUT2D eigenvalue weighted by Crippen LogP contribution is -2.54. The number of carbonyl (C=O) groups excluding carboxylic acids is 1. The summed E-state index contributed by atoms with van der Waals surface area (Å²) in [5.74, 6) is 0.512. The number of oxazole rings is 1. The normalized spacial score (nSPS) is 17.0. The number of amides is 1. The summed E-state index contributed by atoms with van der Waals surface area (Å²) in [6.07, 6.45) is 1.80. The first-order chi connectivity index (χ1) is 10.1. The van der Waals surface area contributed by atoms with Crippen LogP contribution in [-0.2, 0) is 16.0 Å². The third kappa shape index (κ3) is 3.24. The number of ether oxygens (including phenoxy) is 1. The molecule has 0 radical (unpaired) electrons. The Hall–Kier alpha value is -1.63. The first-order valence-electron chi connectivity index (χ1n) is 7.18. The average molecular weight is 326 g/mol. The standard InChI is InChI=1S/C15H19N3O3.ClH/c1-2-13-18-11-9-10(3-4-12(11)21-13)17-14(19)15(16)5-7-20-8-6-15;/h3-4,9H,2,5-8,16H2,1H3,(H,17,19);1H. The number of hydrogen-bond acceptors (Lipinski definition) is 5. The average Bonchev–Trinajstić information content (AvgIpc) is 2.90. The molecule has 0 saturated carbocycles. The summed E-state index contributed by atoms with van der Waals surface area (Å²) in [7, 11) is 0. The fourth-order valence-electron chi connectivity index (χ4n) is 2.42. The topological polar surface area (TPSA) is 90.4 Å². The fraction of sp³-hybridized carbons (Fsp3) is 0.467. The Labute approximate surface area is 134 Å². The van der Waals surface area contributed by atoms with Gasteiger partial charge in [0.25, 0.3) is 0 Å². The van der Waals surface area contributed by atoms with Gasteiger partial charge in [-0.1, -0.05) is 6.92 Å². The van der Waals surface area contributed by atoms with Crippen molar-refractivity contribution in [2.24, 2.45) is 5.73 Å². The van der Waals surface area contributed by atoms with Crippen LogP contribution in [-0.4, -0.2) is 29.6 Å². The van der Waals surface area contributed by atoms with Gasteiger partial charge in [-0.15, -0.1) is 12.4 Å². The van der Waals surface area contributed by atoms with Crippen LogP contribution in [0, 0.1) is 0 Å². The third-order valence-electron chi connectivity index (χ3n) is 3.83. The number of fused-ring (bicyclic) bond motifs is 1. The second-order valence-electron chi connectivity index (χ2n) is 5.37. The van der Waals surface area contributed by atoms with Gasteiger partial charge in [0, 0.05) is 25.3 Å². The second-order valence-corrected chi connectivity index (χ2v) is 5.37. The monoisotopic (exact) mass is 325 g/mol. The van der Waals surface area contributed by atoms with Crippen molar-refractivity contribution in [2.75, 3.05) is 18.5 Å². The number of hydrogen-bond donors (Lipinski definition) is 2. The van der Waals surface area contributed by atoms with E-state index in [4.69, 9.17) is 14.9 Å². The molecule has 3 rings (SSSR count). The molecule has 0 unspecified atom stereocenters. The summed E-state index contributed by atoms with van der Waals surface area (Å²) in [6.45, 7) is 3.02. The zero-order valence-corrected chi connectivity index (χ0v) is 13.2. The van der Waals surface area contributed by atoms with E-state index in [-0.39, 0.29) is 18.3 Å². The van der Waals surface area contributed by atoms with Crippen molar-refractivity contribution in [3.05, 3.63) is 24.1 Å². The van der Waals surface area contributed by atoms with Crippen molar-refractivity contribution >= 4 is 35.1 Å². The lowest BCUT2D eigenvalue weighted by molar-refractivity contribution is -0.124. The fourth-order valence-corrected chi connectivity index (χ4v) is 2.42. The molecule has 0 spiro atoms. The van der Waals surface area contributed by atoms with Gasteiger partial charge >= 0.3 is 0 Å². The zero-order chi connectivity index (χ0) is 14.9. The van der Waals surface area contributed by atoms with Crippen molar-refractivity contribution < 1.29 is 13.9 Å². The summed E-state index contributed by atoms with van der Waals surface area (Å²) >= 11 is 0. The van der Waals surface area contributed by atoms with Gasteiger partial charge in [-0.05, 0) is 31.0 Å². The number of nitrogens with one attached hydrogen (secondary N) is 1. The highest BCUT2D eigenvalue weighted by molar-refractivity contribution is 5.99. The van der Waals surface area contributed by atoms with Crippen molar-refractivity contribution in [3.8, 4) is 0 Å². The van der Waals surface area contributed by atoms with E-state index < -0.39 is 5.54 Å². The summed E-state index contributed by atoms with van der Waals surface area (Å²) in [5.41, 5.74) is 7.45. The smallest absolute Gasteiger partial charge is 0.244 e. The highest BCUT2D eigenvalue weighted by Crippen LogP contribution is 2.23. The maximum atomic E-state index is 12.4. The molecule has 22 heavy (non-hydrogen) atoms. The number of anilines is 1. The van der Waals surface area contributed by atoms with E-state index in [1.807, 2.05) is 13.0 Å². The quantitative estimate of drug-likeness (QED) is 0.903. The Balaban J connectivity index is 0.00000176.